The number of nitrogens with one attached hydrogen (secondary N) is 1. The summed E-state index contributed by atoms with van der Waals surface area (Å²) in [5, 5.41) is 1.72. The van der Waals surface area contributed by atoms with Crippen molar-refractivity contribution >= 4 is 13.7 Å². The molecule has 0 bridgehead atoms. The van der Waals surface area contributed by atoms with Gasteiger partial charge >= 0.3 is 37.3 Å². The zero-order chi connectivity index (χ0) is 7.49. The van der Waals surface area contributed by atoms with Gasteiger partial charge in [-0.15, -0.1) is 0 Å². The topological polar surface area (TPSA) is 75.6 Å². The summed E-state index contributed by atoms with van der Waals surface area (Å²) in [7, 11) is -2.79. The minimum Gasteiger partial charge on any atom is -0.308 e. The van der Waals surface area contributed by atoms with Crippen molar-refractivity contribution in [3.8, 4) is 0 Å². The Balaban J connectivity index is 0. The van der Waals surface area contributed by atoms with Crippen molar-refractivity contribution in [1.29, 1.82) is 0 Å². The molecule has 1 unspecified atom stereocenters. The minimum atomic E-state index is -3.83. The van der Waals surface area contributed by atoms with Crippen molar-refractivity contribution in [3.63, 3.8) is 0 Å². The van der Waals surface area contributed by atoms with E-state index in [1.807, 2.05) is 0 Å². The van der Waals surface area contributed by atoms with Crippen molar-refractivity contribution in [2.45, 2.75) is 6.92 Å². The Labute approximate surface area is 81.0 Å². The Kier molecular flexibility index (Phi) is 7.00. The molecular weight excluding hydrogens is 168 g/mol. The molecule has 7 heteroatoms. The molecule has 54 valence electrons. The van der Waals surface area contributed by atoms with Crippen molar-refractivity contribution in [2.75, 3.05) is 7.11 Å². The largest absolute Gasteiger partial charge is 1.00 e. The van der Waals surface area contributed by atoms with E-state index in [0.29, 0.717) is 0 Å². The van der Waals surface area contributed by atoms with Gasteiger partial charge in [-0.3, -0.25) is 14.4 Å². The van der Waals surface area contributed by atoms with Crippen LogP contribution in [0.2, 0.25) is 0 Å². The van der Waals surface area contributed by atoms with Gasteiger partial charge in [0, 0.05) is 14.0 Å². The van der Waals surface area contributed by atoms with Gasteiger partial charge in [-0.1, -0.05) is 0 Å². The molecule has 0 saturated heterocycles. The molecule has 0 aromatic heterocycles. The first-order valence-corrected chi connectivity index (χ1v) is 3.73. The van der Waals surface area contributed by atoms with E-state index >= 15 is 0 Å². The molecule has 2 N–H and O–H groups in total. The molecule has 0 aliphatic heterocycles. The summed E-state index contributed by atoms with van der Waals surface area (Å²) in [6.07, 6.45) is 0. The number of hydrogen-bond donors (Lipinski definition) is 2. The molecule has 0 radical (unpaired) electrons. The van der Waals surface area contributed by atoms with Crippen LogP contribution in [0.3, 0.4) is 0 Å². The zero-order valence-electron chi connectivity index (χ0n) is 6.12. The Morgan fingerprint density at radius 2 is 2.10 bits per heavy atom. The fourth-order valence-corrected chi connectivity index (χ4v) is 0.734. The first kappa shape index (κ1) is 13.2. The van der Waals surface area contributed by atoms with Crippen LogP contribution in [0.15, 0.2) is 0 Å². The summed E-state index contributed by atoms with van der Waals surface area (Å²) < 4.78 is 14.4. The second-order valence-electron chi connectivity index (χ2n) is 1.37. The summed E-state index contributed by atoms with van der Waals surface area (Å²) in [6.45, 7) is 1.13. The van der Waals surface area contributed by atoms with Crippen molar-refractivity contribution in [1.82, 2.24) is 5.09 Å². The Bertz CT molecular complexity index is 161. The molecule has 0 aliphatic rings. The van der Waals surface area contributed by atoms with Crippen LogP contribution in [-0.2, 0) is 13.9 Å². The molecule has 0 fully saturated rings. The first-order chi connectivity index (χ1) is 3.98. The van der Waals surface area contributed by atoms with E-state index in [2.05, 4.69) is 4.52 Å². The maximum atomic E-state index is 10.4. The zero-order valence-corrected chi connectivity index (χ0v) is 9.01. The summed E-state index contributed by atoms with van der Waals surface area (Å²) in [4.78, 5) is 18.6. The maximum absolute atomic E-state index is 10.4. The second-order valence-corrected chi connectivity index (χ2v) is 3.00. The molecule has 0 aromatic carbocycles. The molecule has 0 aromatic rings. The minimum absolute atomic E-state index is 0. The number of carbonyl (C=O) groups excluding carboxylic acids is 1. The third-order valence-electron chi connectivity index (χ3n) is 0.546. The van der Waals surface area contributed by atoms with Crippen LogP contribution in [0.25, 0.3) is 0 Å². The van der Waals surface area contributed by atoms with Crippen molar-refractivity contribution < 1.29 is 48.3 Å². The van der Waals surface area contributed by atoms with E-state index in [-0.39, 0.29) is 29.6 Å². The van der Waals surface area contributed by atoms with Crippen molar-refractivity contribution in [3.05, 3.63) is 0 Å². The molecule has 0 aliphatic carbocycles. The van der Waals surface area contributed by atoms with E-state index < -0.39 is 13.7 Å². The molecule has 0 heterocycles. The van der Waals surface area contributed by atoms with Gasteiger partial charge in [-0.25, -0.2) is 4.57 Å². The first-order valence-electron chi connectivity index (χ1n) is 2.15. The summed E-state index contributed by atoms with van der Waals surface area (Å²) >= 11 is 0. The van der Waals surface area contributed by atoms with Gasteiger partial charge in [0.05, 0.1) is 0 Å². The smallest absolute Gasteiger partial charge is 0.308 e. The van der Waals surface area contributed by atoms with Gasteiger partial charge in [-0.2, -0.15) is 0 Å². The molecule has 0 saturated carbocycles. The van der Waals surface area contributed by atoms with Gasteiger partial charge in [0.15, 0.2) is 0 Å². The molecule has 1 amide bonds. The van der Waals surface area contributed by atoms with E-state index in [1.165, 1.54) is 0 Å². The third-order valence-corrected chi connectivity index (χ3v) is 1.64. The van der Waals surface area contributed by atoms with Gasteiger partial charge in [0.25, 0.3) is 0 Å². The Morgan fingerprint density at radius 1 is 1.70 bits per heavy atom. The predicted molar refractivity (Wildman–Crippen MR) is 30.7 cm³/mol. The second kappa shape index (κ2) is 5.29. The summed E-state index contributed by atoms with van der Waals surface area (Å²) in [5.74, 6) is -0.595. The van der Waals surface area contributed by atoms with Crippen LogP contribution in [-0.4, -0.2) is 17.9 Å². The third kappa shape index (κ3) is 6.74. The molecule has 0 spiro atoms. The van der Waals surface area contributed by atoms with Crippen LogP contribution >= 0.6 is 7.75 Å². The molecule has 0 rings (SSSR count). The van der Waals surface area contributed by atoms with Crippen LogP contribution in [0.5, 0.6) is 0 Å². The number of rotatable bonds is 2. The average Bonchev–Trinajstić information content (AvgIpc) is 1.63. The van der Waals surface area contributed by atoms with Crippen LogP contribution in [0.4, 0.5) is 0 Å². The summed E-state index contributed by atoms with van der Waals surface area (Å²) in [5.41, 5.74) is 0. The fourth-order valence-electron chi connectivity index (χ4n) is 0.245. The predicted octanol–water partition coefficient (Wildman–Crippen LogP) is -3.13. The number of amides is 1. The quantitative estimate of drug-likeness (QED) is 0.344. The average molecular weight is 176 g/mol. The fraction of sp³-hybridized carbons (Fsp3) is 0.667. The van der Waals surface area contributed by atoms with E-state index in [9.17, 15) is 9.36 Å². The maximum Gasteiger partial charge on any atom is 1.00 e. The molecule has 5 nitrogen and oxygen atoms in total. The Morgan fingerprint density at radius 3 is 2.20 bits per heavy atom. The van der Waals surface area contributed by atoms with Crippen LogP contribution < -0.4 is 34.6 Å². The Hall–Kier alpha value is 0.620. The van der Waals surface area contributed by atoms with Crippen molar-refractivity contribution in [2.24, 2.45) is 0 Å². The number of carbonyl (C=O) groups is 1. The van der Waals surface area contributed by atoms with Gasteiger partial charge in [0.1, 0.15) is 0 Å². The standard InChI is InChI=1S/C3H8NO4P.Na/c1-3(5)4-9(6,7)8-2;/h1-2H3,(H2,4,5,6,7);/q;+1. The summed E-state index contributed by atoms with van der Waals surface area (Å²) in [6, 6.07) is 0. The van der Waals surface area contributed by atoms with E-state index in [4.69, 9.17) is 4.89 Å². The normalized spacial score (nSPS) is 14.7. The van der Waals surface area contributed by atoms with E-state index in [1.54, 1.807) is 5.09 Å². The van der Waals surface area contributed by atoms with Gasteiger partial charge in [-0.05, 0) is 0 Å². The van der Waals surface area contributed by atoms with Crippen LogP contribution in [0, 0.1) is 0 Å². The SMILES string of the molecule is COP(=O)(O)NC(C)=O.[Na+]. The van der Waals surface area contributed by atoms with Crippen LogP contribution in [0.1, 0.15) is 6.92 Å². The van der Waals surface area contributed by atoms with Gasteiger partial charge < -0.3 is 4.89 Å². The molecule has 1 atom stereocenters. The molecular formula is C3H8NNaO4P+. The van der Waals surface area contributed by atoms with Gasteiger partial charge in [0.2, 0.25) is 5.91 Å². The monoisotopic (exact) mass is 176 g/mol. The molecule has 10 heavy (non-hydrogen) atoms. The number of hydrogen-bond acceptors (Lipinski definition) is 3. The van der Waals surface area contributed by atoms with E-state index in [0.717, 1.165) is 14.0 Å².